The summed E-state index contributed by atoms with van der Waals surface area (Å²) in [6, 6.07) is 24.9. The number of amides is 1. The zero-order valence-electron chi connectivity index (χ0n) is 13.8. The van der Waals surface area contributed by atoms with E-state index in [0.717, 1.165) is 4.90 Å². The number of hydrogen-bond acceptors (Lipinski definition) is 3. The summed E-state index contributed by atoms with van der Waals surface area (Å²) in [6.07, 6.45) is 0. The highest BCUT2D eigenvalue weighted by Gasteiger charge is 2.23. The summed E-state index contributed by atoms with van der Waals surface area (Å²) in [7, 11) is 0. The van der Waals surface area contributed by atoms with E-state index in [2.05, 4.69) is 5.32 Å². The molecular formula is C21H16ClNO2S. The number of carbonyl (C=O) groups is 2. The van der Waals surface area contributed by atoms with E-state index < -0.39 is 5.37 Å². The Kier molecular flexibility index (Phi) is 6.10. The summed E-state index contributed by atoms with van der Waals surface area (Å²) in [5, 5.41) is 2.71. The van der Waals surface area contributed by atoms with E-state index >= 15 is 0 Å². The van der Waals surface area contributed by atoms with Gasteiger partial charge in [-0.2, -0.15) is 0 Å². The highest BCUT2D eigenvalue weighted by atomic mass is 35.5. The molecule has 5 heteroatoms. The Morgan fingerprint density at radius 2 is 1.31 bits per heavy atom. The van der Waals surface area contributed by atoms with Crippen LogP contribution < -0.4 is 5.32 Å². The van der Waals surface area contributed by atoms with Gasteiger partial charge in [0.2, 0.25) is 0 Å². The minimum atomic E-state index is -0.744. The van der Waals surface area contributed by atoms with Gasteiger partial charge >= 0.3 is 0 Å². The minimum Gasteiger partial charge on any atom is -0.333 e. The van der Waals surface area contributed by atoms with Gasteiger partial charge in [-0.1, -0.05) is 71.9 Å². The largest absolute Gasteiger partial charge is 0.333 e. The fraction of sp³-hybridized carbons (Fsp3) is 0.0476. The number of nitrogens with one attached hydrogen (secondary N) is 1. The maximum atomic E-state index is 12.9. The van der Waals surface area contributed by atoms with Crippen molar-refractivity contribution >= 4 is 35.1 Å². The Labute approximate surface area is 161 Å². The lowest BCUT2D eigenvalue weighted by molar-refractivity contribution is 0.0892. The van der Waals surface area contributed by atoms with Crippen LogP contribution in [0.3, 0.4) is 0 Å². The zero-order chi connectivity index (χ0) is 18.4. The van der Waals surface area contributed by atoms with Crippen LogP contribution in [0.2, 0.25) is 5.02 Å². The van der Waals surface area contributed by atoms with Crippen molar-refractivity contribution in [2.45, 2.75) is 10.3 Å². The molecule has 0 aliphatic heterocycles. The molecule has 0 aliphatic carbocycles. The first kappa shape index (κ1) is 18.2. The number of benzene rings is 3. The van der Waals surface area contributed by atoms with Crippen LogP contribution in [0, 0.1) is 0 Å². The fourth-order valence-corrected chi connectivity index (χ4v) is 3.44. The van der Waals surface area contributed by atoms with Crippen LogP contribution >= 0.6 is 23.4 Å². The third-order valence-electron chi connectivity index (χ3n) is 3.66. The van der Waals surface area contributed by atoms with Crippen LogP contribution in [0.15, 0.2) is 89.8 Å². The molecule has 3 aromatic carbocycles. The first-order chi connectivity index (χ1) is 12.6. The molecular weight excluding hydrogens is 366 g/mol. The standard InChI is InChI=1S/C21H16ClNO2S/c22-17-11-13-18(14-12-17)26-21(19(24)15-7-3-1-4-8-15)23-20(25)16-9-5-2-6-10-16/h1-14,21H,(H,23,25)/t21-/m0/s1. The summed E-state index contributed by atoms with van der Waals surface area (Å²) in [6.45, 7) is 0. The highest BCUT2D eigenvalue weighted by molar-refractivity contribution is 8.00. The Morgan fingerprint density at radius 1 is 0.769 bits per heavy atom. The Bertz CT molecular complexity index is 883. The van der Waals surface area contributed by atoms with E-state index in [4.69, 9.17) is 11.6 Å². The van der Waals surface area contributed by atoms with Gasteiger partial charge in [0.15, 0.2) is 5.78 Å². The zero-order valence-corrected chi connectivity index (χ0v) is 15.3. The van der Waals surface area contributed by atoms with Gasteiger partial charge in [-0.25, -0.2) is 0 Å². The lowest BCUT2D eigenvalue weighted by Crippen LogP contribution is -2.38. The summed E-state index contributed by atoms with van der Waals surface area (Å²) in [4.78, 5) is 26.3. The predicted octanol–water partition coefficient (Wildman–Crippen LogP) is 5.07. The number of halogens is 1. The van der Waals surface area contributed by atoms with Gasteiger partial charge in [-0.05, 0) is 36.4 Å². The maximum Gasteiger partial charge on any atom is 0.252 e. The molecule has 0 bridgehead atoms. The van der Waals surface area contributed by atoms with Crippen LogP contribution in [0.1, 0.15) is 20.7 Å². The van der Waals surface area contributed by atoms with Crippen LogP contribution in [-0.4, -0.2) is 17.1 Å². The molecule has 0 radical (unpaired) electrons. The average molecular weight is 382 g/mol. The smallest absolute Gasteiger partial charge is 0.252 e. The first-order valence-corrected chi connectivity index (χ1v) is 9.26. The van der Waals surface area contributed by atoms with Gasteiger partial charge in [0.25, 0.3) is 5.91 Å². The normalized spacial score (nSPS) is 11.6. The second kappa shape index (κ2) is 8.70. The molecule has 3 nitrogen and oxygen atoms in total. The number of ketones is 1. The van der Waals surface area contributed by atoms with Gasteiger partial charge in [0, 0.05) is 21.0 Å². The molecule has 0 aromatic heterocycles. The van der Waals surface area contributed by atoms with Crippen molar-refractivity contribution in [2.24, 2.45) is 0 Å². The molecule has 3 rings (SSSR count). The van der Waals surface area contributed by atoms with E-state index in [1.54, 1.807) is 60.7 Å². The Balaban J connectivity index is 1.84. The average Bonchev–Trinajstić information content (AvgIpc) is 2.70. The highest BCUT2D eigenvalue weighted by Crippen LogP contribution is 2.26. The first-order valence-electron chi connectivity index (χ1n) is 8.01. The molecule has 0 fully saturated rings. The van der Waals surface area contributed by atoms with E-state index in [-0.39, 0.29) is 11.7 Å². The third kappa shape index (κ3) is 4.75. The summed E-state index contributed by atoms with van der Waals surface area (Å²) >= 11 is 7.21. The quantitative estimate of drug-likeness (QED) is 0.368. The molecule has 0 aliphatic rings. The lowest BCUT2D eigenvalue weighted by atomic mass is 10.1. The Hall–Kier alpha value is -2.56. The lowest BCUT2D eigenvalue weighted by Gasteiger charge is -2.17. The topological polar surface area (TPSA) is 46.2 Å². The molecule has 1 amide bonds. The van der Waals surface area contributed by atoms with Crippen molar-refractivity contribution in [3.8, 4) is 0 Å². The summed E-state index contributed by atoms with van der Waals surface area (Å²) < 4.78 is 0. The number of rotatable bonds is 6. The van der Waals surface area contributed by atoms with Gasteiger partial charge in [0.1, 0.15) is 5.37 Å². The second-order valence-corrected chi connectivity index (χ2v) is 7.14. The number of hydrogen-bond donors (Lipinski definition) is 1. The predicted molar refractivity (Wildman–Crippen MR) is 106 cm³/mol. The molecule has 0 saturated heterocycles. The van der Waals surface area contributed by atoms with Crippen molar-refractivity contribution in [2.75, 3.05) is 0 Å². The molecule has 1 atom stereocenters. The molecule has 130 valence electrons. The fourth-order valence-electron chi connectivity index (χ4n) is 2.34. The second-order valence-electron chi connectivity index (χ2n) is 5.52. The maximum absolute atomic E-state index is 12.9. The van der Waals surface area contributed by atoms with Gasteiger partial charge < -0.3 is 5.32 Å². The van der Waals surface area contributed by atoms with Crippen molar-refractivity contribution in [3.63, 3.8) is 0 Å². The van der Waals surface area contributed by atoms with Crippen LogP contribution in [0.5, 0.6) is 0 Å². The Morgan fingerprint density at radius 3 is 1.88 bits per heavy atom. The minimum absolute atomic E-state index is 0.158. The van der Waals surface area contributed by atoms with Crippen LogP contribution in [0.25, 0.3) is 0 Å². The molecule has 0 spiro atoms. The summed E-state index contributed by atoms with van der Waals surface area (Å²) in [5.74, 6) is -0.448. The SMILES string of the molecule is O=C(N[C@@H](Sc1ccc(Cl)cc1)C(=O)c1ccccc1)c1ccccc1. The molecule has 0 saturated carbocycles. The van der Waals surface area contributed by atoms with E-state index in [0.29, 0.717) is 16.1 Å². The number of Topliss-reactive ketones (excluding diaryl/α,β-unsaturated/α-hetero) is 1. The molecule has 1 N–H and O–H groups in total. The van der Waals surface area contributed by atoms with Gasteiger partial charge in [0.05, 0.1) is 0 Å². The molecule has 0 unspecified atom stereocenters. The molecule has 0 heterocycles. The van der Waals surface area contributed by atoms with Crippen molar-refractivity contribution in [1.29, 1.82) is 0 Å². The monoisotopic (exact) mass is 381 g/mol. The molecule has 26 heavy (non-hydrogen) atoms. The molecule has 3 aromatic rings. The van der Waals surface area contributed by atoms with E-state index in [9.17, 15) is 9.59 Å². The van der Waals surface area contributed by atoms with Crippen molar-refractivity contribution in [3.05, 3.63) is 101 Å². The van der Waals surface area contributed by atoms with Crippen LogP contribution in [-0.2, 0) is 0 Å². The third-order valence-corrected chi connectivity index (χ3v) is 5.03. The van der Waals surface area contributed by atoms with Gasteiger partial charge in [-0.3, -0.25) is 9.59 Å². The van der Waals surface area contributed by atoms with Crippen LogP contribution in [0.4, 0.5) is 0 Å². The number of carbonyl (C=O) groups excluding carboxylic acids is 2. The number of thioether (sulfide) groups is 1. The van der Waals surface area contributed by atoms with E-state index in [1.807, 2.05) is 24.3 Å². The summed E-state index contributed by atoms with van der Waals surface area (Å²) in [5.41, 5.74) is 1.06. The van der Waals surface area contributed by atoms with Gasteiger partial charge in [-0.15, -0.1) is 0 Å². The van der Waals surface area contributed by atoms with E-state index in [1.165, 1.54) is 11.8 Å². The van der Waals surface area contributed by atoms with Crippen molar-refractivity contribution < 1.29 is 9.59 Å². The van der Waals surface area contributed by atoms with Crippen molar-refractivity contribution in [1.82, 2.24) is 5.32 Å².